The normalized spacial score (nSPS) is 11.8. The number of aliphatic hydroxyl groups excluding tert-OH is 1. The van der Waals surface area contributed by atoms with Crippen molar-refractivity contribution in [3.8, 4) is 11.8 Å². The Kier molecular flexibility index (Phi) is 4.94. The summed E-state index contributed by atoms with van der Waals surface area (Å²) >= 11 is 3.33. The van der Waals surface area contributed by atoms with Gasteiger partial charge in [-0.3, -0.25) is 0 Å². The molecular weight excluding hydrogens is 337 g/mol. The third-order valence-corrected chi connectivity index (χ3v) is 3.48. The highest BCUT2D eigenvalue weighted by atomic mass is 79.9. The number of benzene rings is 2. The van der Waals surface area contributed by atoms with Crippen LogP contribution in [0.4, 0.5) is 4.39 Å². The number of nitrogens with zero attached hydrogens (tertiary/aromatic N) is 1. The molecule has 1 atom stereocenters. The SMILES string of the molecule is C[C@H](O)c1ccc(Br)cc1OCc1ccc(C#N)cc1F. The zero-order chi connectivity index (χ0) is 15.4. The van der Waals surface area contributed by atoms with Crippen LogP contribution in [0.15, 0.2) is 40.9 Å². The van der Waals surface area contributed by atoms with Crippen molar-refractivity contribution in [3.63, 3.8) is 0 Å². The molecule has 0 aromatic heterocycles. The Morgan fingerprint density at radius 2 is 2.10 bits per heavy atom. The van der Waals surface area contributed by atoms with Crippen LogP contribution in [0.25, 0.3) is 0 Å². The molecule has 0 saturated carbocycles. The van der Waals surface area contributed by atoms with Gasteiger partial charge in [-0.2, -0.15) is 5.26 Å². The number of nitriles is 1. The summed E-state index contributed by atoms with van der Waals surface area (Å²) in [4.78, 5) is 0. The van der Waals surface area contributed by atoms with Crippen molar-refractivity contribution in [3.05, 3.63) is 63.4 Å². The minimum atomic E-state index is -0.682. The van der Waals surface area contributed by atoms with Crippen molar-refractivity contribution >= 4 is 15.9 Å². The molecule has 0 saturated heterocycles. The van der Waals surface area contributed by atoms with Gasteiger partial charge in [0.2, 0.25) is 0 Å². The first-order valence-corrected chi connectivity index (χ1v) is 7.09. The maximum Gasteiger partial charge on any atom is 0.131 e. The highest BCUT2D eigenvalue weighted by Gasteiger charge is 2.11. The minimum absolute atomic E-state index is 0.0215. The largest absolute Gasteiger partial charge is 0.488 e. The summed E-state index contributed by atoms with van der Waals surface area (Å²) in [5, 5.41) is 18.4. The molecule has 21 heavy (non-hydrogen) atoms. The van der Waals surface area contributed by atoms with Crippen LogP contribution in [-0.4, -0.2) is 5.11 Å². The van der Waals surface area contributed by atoms with E-state index in [1.54, 1.807) is 25.1 Å². The van der Waals surface area contributed by atoms with E-state index in [4.69, 9.17) is 10.00 Å². The van der Waals surface area contributed by atoms with Gasteiger partial charge in [0.25, 0.3) is 0 Å². The van der Waals surface area contributed by atoms with Gasteiger partial charge in [0.05, 0.1) is 17.7 Å². The molecule has 0 amide bonds. The van der Waals surface area contributed by atoms with Crippen LogP contribution < -0.4 is 4.74 Å². The minimum Gasteiger partial charge on any atom is -0.488 e. The van der Waals surface area contributed by atoms with Crippen LogP contribution >= 0.6 is 15.9 Å². The first kappa shape index (κ1) is 15.5. The van der Waals surface area contributed by atoms with Crippen LogP contribution in [-0.2, 0) is 6.61 Å². The van der Waals surface area contributed by atoms with E-state index >= 15 is 0 Å². The third kappa shape index (κ3) is 3.81. The van der Waals surface area contributed by atoms with E-state index in [0.29, 0.717) is 16.9 Å². The van der Waals surface area contributed by atoms with Crippen molar-refractivity contribution in [1.29, 1.82) is 5.26 Å². The Morgan fingerprint density at radius 3 is 2.71 bits per heavy atom. The van der Waals surface area contributed by atoms with Crippen molar-refractivity contribution in [2.24, 2.45) is 0 Å². The smallest absolute Gasteiger partial charge is 0.131 e. The lowest BCUT2D eigenvalue weighted by atomic mass is 10.1. The number of hydrogen-bond acceptors (Lipinski definition) is 3. The molecular formula is C16H13BrFNO2. The van der Waals surface area contributed by atoms with Gasteiger partial charge in [0.15, 0.2) is 0 Å². The topological polar surface area (TPSA) is 53.2 Å². The quantitative estimate of drug-likeness (QED) is 0.904. The van der Waals surface area contributed by atoms with E-state index in [-0.39, 0.29) is 12.2 Å². The van der Waals surface area contributed by atoms with Gasteiger partial charge in [-0.25, -0.2) is 4.39 Å². The van der Waals surface area contributed by atoms with E-state index in [1.807, 2.05) is 6.07 Å². The average molecular weight is 350 g/mol. The van der Waals surface area contributed by atoms with Gasteiger partial charge in [0, 0.05) is 15.6 Å². The predicted octanol–water partition coefficient (Wildman–Crippen LogP) is 4.09. The fourth-order valence-corrected chi connectivity index (χ4v) is 2.21. The van der Waals surface area contributed by atoms with Crippen molar-refractivity contribution < 1.29 is 14.2 Å². The molecule has 1 N–H and O–H groups in total. The monoisotopic (exact) mass is 349 g/mol. The summed E-state index contributed by atoms with van der Waals surface area (Å²) in [6, 6.07) is 11.4. The molecule has 0 spiro atoms. The molecule has 3 nitrogen and oxygen atoms in total. The number of rotatable bonds is 4. The Bertz CT molecular complexity index is 695. The molecule has 0 aliphatic rings. The van der Waals surface area contributed by atoms with E-state index < -0.39 is 11.9 Å². The van der Waals surface area contributed by atoms with E-state index in [9.17, 15) is 9.50 Å². The maximum atomic E-state index is 13.8. The van der Waals surface area contributed by atoms with E-state index in [0.717, 1.165) is 4.47 Å². The third-order valence-electron chi connectivity index (χ3n) is 2.99. The van der Waals surface area contributed by atoms with Gasteiger partial charge < -0.3 is 9.84 Å². The first-order chi connectivity index (χ1) is 10.0. The molecule has 2 aromatic carbocycles. The van der Waals surface area contributed by atoms with Gasteiger partial charge in [0.1, 0.15) is 18.2 Å². The second-order valence-electron chi connectivity index (χ2n) is 4.56. The second-order valence-corrected chi connectivity index (χ2v) is 5.48. The number of hydrogen-bond donors (Lipinski definition) is 1. The standard InChI is InChI=1S/C16H13BrFNO2/c1-10(20)14-5-4-13(17)7-16(14)21-9-12-3-2-11(8-19)6-15(12)18/h2-7,10,20H,9H2,1H3/t10-/m0/s1. The Morgan fingerprint density at radius 1 is 1.33 bits per heavy atom. The lowest BCUT2D eigenvalue weighted by molar-refractivity contribution is 0.190. The average Bonchev–Trinajstić information content (AvgIpc) is 2.45. The fourth-order valence-electron chi connectivity index (χ4n) is 1.87. The number of ether oxygens (including phenoxy) is 1. The summed E-state index contributed by atoms with van der Waals surface area (Å²) in [5.74, 6) is 0.00535. The van der Waals surface area contributed by atoms with E-state index in [2.05, 4.69) is 15.9 Å². The molecule has 0 aliphatic heterocycles. The summed E-state index contributed by atoms with van der Waals surface area (Å²) in [6.45, 7) is 1.66. The fraction of sp³-hybridized carbons (Fsp3) is 0.188. The molecule has 0 heterocycles. The molecule has 0 unspecified atom stereocenters. The summed E-state index contributed by atoms with van der Waals surface area (Å²) in [6.07, 6.45) is -0.682. The van der Waals surface area contributed by atoms with Gasteiger partial charge in [-0.15, -0.1) is 0 Å². The first-order valence-electron chi connectivity index (χ1n) is 6.30. The van der Waals surface area contributed by atoms with E-state index in [1.165, 1.54) is 18.2 Å². The van der Waals surface area contributed by atoms with Crippen LogP contribution in [0.3, 0.4) is 0 Å². The van der Waals surface area contributed by atoms with Crippen LogP contribution in [0.5, 0.6) is 5.75 Å². The second kappa shape index (κ2) is 6.70. The lowest BCUT2D eigenvalue weighted by Gasteiger charge is -2.14. The van der Waals surface area contributed by atoms with Crippen molar-refractivity contribution in [2.45, 2.75) is 19.6 Å². The Labute approximate surface area is 130 Å². The molecule has 2 rings (SSSR count). The zero-order valence-corrected chi connectivity index (χ0v) is 12.9. The maximum absolute atomic E-state index is 13.8. The van der Waals surface area contributed by atoms with Gasteiger partial charge in [-0.1, -0.05) is 28.1 Å². The highest BCUT2D eigenvalue weighted by Crippen LogP contribution is 2.29. The van der Waals surface area contributed by atoms with Crippen LogP contribution in [0.2, 0.25) is 0 Å². The molecule has 5 heteroatoms. The highest BCUT2D eigenvalue weighted by molar-refractivity contribution is 9.10. The van der Waals surface area contributed by atoms with Gasteiger partial charge >= 0.3 is 0 Å². The summed E-state index contributed by atoms with van der Waals surface area (Å²) in [7, 11) is 0. The predicted molar refractivity (Wildman–Crippen MR) is 80.2 cm³/mol. The van der Waals surface area contributed by atoms with Crippen LogP contribution in [0, 0.1) is 17.1 Å². The summed E-state index contributed by atoms with van der Waals surface area (Å²) in [5.41, 5.74) is 1.25. The molecule has 0 aliphatic carbocycles. The number of aliphatic hydroxyl groups is 1. The van der Waals surface area contributed by atoms with Crippen molar-refractivity contribution in [2.75, 3.05) is 0 Å². The molecule has 2 aromatic rings. The number of halogens is 2. The van der Waals surface area contributed by atoms with Crippen LogP contribution in [0.1, 0.15) is 29.7 Å². The summed E-state index contributed by atoms with van der Waals surface area (Å²) < 4.78 is 20.2. The Hall–Kier alpha value is -1.90. The zero-order valence-electron chi connectivity index (χ0n) is 11.3. The molecule has 0 fully saturated rings. The van der Waals surface area contributed by atoms with Crippen molar-refractivity contribution in [1.82, 2.24) is 0 Å². The molecule has 108 valence electrons. The molecule has 0 bridgehead atoms. The van der Waals surface area contributed by atoms with Gasteiger partial charge in [-0.05, 0) is 31.2 Å². The Balaban J connectivity index is 2.20. The lowest BCUT2D eigenvalue weighted by Crippen LogP contribution is -2.03. The molecule has 0 radical (unpaired) electrons.